The van der Waals surface area contributed by atoms with Crippen molar-refractivity contribution in [1.82, 2.24) is 4.90 Å². The number of aliphatic hydroxyl groups excluding tert-OH is 1. The minimum Gasteiger partial charge on any atom is -0.373 e. The summed E-state index contributed by atoms with van der Waals surface area (Å²) < 4.78 is 0. The van der Waals surface area contributed by atoms with Gasteiger partial charge in [0.1, 0.15) is 12.1 Å². The summed E-state index contributed by atoms with van der Waals surface area (Å²) in [5.41, 5.74) is 2.54. The lowest BCUT2D eigenvalue weighted by atomic mass is 10.1. The Morgan fingerprint density at radius 2 is 1.89 bits per heavy atom. The van der Waals surface area contributed by atoms with Gasteiger partial charge in [0.15, 0.2) is 0 Å². The molecule has 1 aromatic rings. The predicted molar refractivity (Wildman–Crippen MR) is 74.0 cm³/mol. The molecular formula is C14H18ClNO2. The molecule has 98 valence electrons. The number of hydrogen-bond acceptors (Lipinski definition) is 2. The molecule has 1 amide bonds. The summed E-state index contributed by atoms with van der Waals surface area (Å²) >= 11 is 5.60. The minimum atomic E-state index is -0.915. The summed E-state index contributed by atoms with van der Waals surface area (Å²) in [7, 11) is 0. The predicted octanol–water partition coefficient (Wildman–Crippen LogP) is 2.84. The number of halogens is 1. The van der Waals surface area contributed by atoms with E-state index >= 15 is 0 Å². The third-order valence-corrected chi connectivity index (χ3v) is 2.75. The standard InChI is InChI=1S/C14H18ClNO2/c1-10(2)14(12-7-5-4-6-8-12)16(11(3)17)13(18)9-15/h4-8,11,17H,9H2,1-3H3. The smallest absolute Gasteiger partial charge is 0.244 e. The second kappa shape index (κ2) is 6.57. The number of allylic oxidation sites excluding steroid dienone is 1. The number of benzene rings is 1. The maximum absolute atomic E-state index is 11.9. The Balaban J connectivity index is 3.29. The fourth-order valence-electron chi connectivity index (χ4n) is 1.85. The van der Waals surface area contributed by atoms with Crippen LogP contribution in [0.5, 0.6) is 0 Å². The van der Waals surface area contributed by atoms with Gasteiger partial charge in [0, 0.05) is 0 Å². The Morgan fingerprint density at radius 1 is 1.33 bits per heavy atom. The molecule has 1 N–H and O–H groups in total. The van der Waals surface area contributed by atoms with Gasteiger partial charge in [-0.15, -0.1) is 11.6 Å². The zero-order valence-electron chi connectivity index (χ0n) is 10.9. The summed E-state index contributed by atoms with van der Waals surface area (Å²) in [6.07, 6.45) is -0.915. The quantitative estimate of drug-likeness (QED) is 0.673. The number of carbonyl (C=O) groups is 1. The molecule has 3 nitrogen and oxygen atoms in total. The third kappa shape index (κ3) is 3.34. The van der Waals surface area contributed by atoms with Crippen molar-refractivity contribution in [2.75, 3.05) is 5.88 Å². The molecular weight excluding hydrogens is 250 g/mol. The van der Waals surface area contributed by atoms with Crippen LogP contribution < -0.4 is 0 Å². The van der Waals surface area contributed by atoms with E-state index in [1.165, 1.54) is 4.90 Å². The van der Waals surface area contributed by atoms with Crippen molar-refractivity contribution in [2.24, 2.45) is 0 Å². The molecule has 0 spiro atoms. The van der Waals surface area contributed by atoms with E-state index < -0.39 is 6.23 Å². The molecule has 0 saturated carbocycles. The van der Waals surface area contributed by atoms with E-state index in [1.807, 2.05) is 44.2 Å². The highest BCUT2D eigenvalue weighted by Crippen LogP contribution is 2.25. The normalized spacial score (nSPS) is 11.8. The van der Waals surface area contributed by atoms with Gasteiger partial charge in [-0.05, 0) is 26.3 Å². The number of rotatable bonds is 4. The lowest BCUT2D eigenvalue weighted by Gasteiger charge is -2.29. The van der Waals surface area contributed by atoms with Crippen LogP contribution in [-0.2, 0) is 4.79 Å². The summed E-state index contributed by atoms with van der Waals surface area (Å²) in [5, 5.41) is 9.81. The molecule has 4 heteroatoms. The molecule has 0 aliphatic rings. The van der Waals surface area contributed by atoms with Crippen molar-refractivity contribution in [3.8, 4) is 0 Å². The molecule has 0 fully saturated rings. The SMILES string of the molecule is CC(C)=C(c1ccccc1)N(C(=O)CCl)C(C)O. The highest BCUT2D eigenvalue weighted by atomic mass is 35.5. The first-order valence-electron chi connectivity index (χ1n) is 5.78. The van der Waals surface area contributed by atoms with Crippen LogP contribution in [0.25, 0.3) is 5.70 Å². The van der Waals surface area contributed by atoms with Gasteiger partial charge in [-0.1, -0.05) is 35.9 Å². The molecule has 0 bridgehead atoms. The molecule has 0 radical (unpaired) electrons. The van der Waals surface area contributed by atoms with Gasteiger partial charge >= 0.3 is 0 Å². The minimum absolute atomic E-state index is 0.158. The van der Waals surface area contributed by atoms with Crippen molar-refractivity contribution < 1.29 is 9.90 Å². The van der Waals surface area contributed by atoms with Crippen LogP contribution in [0.1, 0.15) is 26.3 Å². The lowest BCUT2D eigenvalue weighted by molar-refractivity contribution is -0.131. The van der Waals surface area contributed by atoms with E-state index in [0.717, 1.165) is 11.1 Å². The van der Waals surface area contributed by atoms with Gasteiger partial charge in [-0.2, -0.15) is 0 Å². The summed E-state index contributed by atoms with van der Waals surface area (Å²) in [6, 6.07) is 9.49. The van der Waals surface area contributed by atoms with Crippen LogP contribution in [0.4, 0.5) is 0 Å². The molecule has 0 heterocycles. The van der Waals surface area contributed by atoms with E-state index in [9.17, 15) is 9.90 Å². The van der Waals surface area contributed by atoms with E-state index in [1.54, 1.807) is 6.92 Å². The monoisotopic (exact) mass is 267 g/mol. The Labute approximate surface area is 113 Å². The Morgan fingerprint density at radius 3 is 2.28 bits per heavy atom. The maximum Gasteiger partial charge on any atom is 0.244 e. The van der Waals surface area contributed by atoms with Crippen LogP contribution in [0, 0.1) is 0 Å². The molecule has 1 aromatic carbocycles. The van der Waals surface area contributed by atoms with E-state index in [0.29, 0.717) is 5.70 Å². The van der Waals surface area contributed by atoms with E-state index in [2.05, 4.69) is 0 Å². The third-order valence-electron chi connectivity index (χ3n) is 2.52. The van der Waals surface area contributed by atoms with Gasteiger partial charge in [-0.25, -0.2) is 0 Å². The fourth-order valence-corrected chi connectivity index (χ4v) is 1.98. The van der Waals surface area contributed by atoms with Crippen molar-refractivity contribution in [2.45, 2.75) is 27.0 Å². The van der Waals surface area contributed by atoms with Crippen LogP contribution in [0.15, 0.2) is 35.9 Å². The van der Waals surface area contributed by atoms with Gasteiger partial charge < -0.3 is 5.11 Å². The van der Waals surface area contributed by atoms with Gasteiger partial charge in [0.05, 0.1) is 5.70 Å². The first-order valence-corrected chi connectivity index (χ1v) is 6.31. The molecule has 0 aliphatic carbocycles. The molecule has 1 rings (SSSR count). The van der Waals surface area contributed by atoms with Crippen LogP contribution in [0.2, 0.25) is 0 Å². The number of alkyl halides is 1. The zero-order valence-corrected chi connectivity index (χ0v) is 11.6. The average Bonchev–Trinajstić information content (AvgIpc) is 2.35. The number of amides is 1. The Hall–Kier alpha value is -1.32. The molecule has 0 aliphatic heterocycles. The maximum atomic E-state index is 11.9. The Kier molecular flexibility index (Phi) is 5.38. The highest BCUT2D eigenvalue weighted by molar-refractivity contribution is 6.27. The number of aliphatic hydroxyl groups is 1. The highest BCUT2D eigenvalue weighted by Gasteiger charge is 2.23. The van der Waals surface area contributed by atoms with Gasteiger partial charge in [0.2, 0.25) is 5.91 Å². The van der Waals surface area contributed by atoms with Crippen LogP contribution >= 0.6 is 11.6 Å². The lowest BCUT2D eigenvalue weighted by Crippen LogP contribution is -2.38. The Bertz CT molecular complexity index is 436. The molecule has 0 aromatic heterocycles. The van der Waals surface area contributed by atoms with Crippen LogP contribution in [0.3, 0.4) is 0 Å². The second-order valence-corrected chi connectivity index (χ2v) is 4.51. The van der Waals surface area contributed by atoms with Crippen molar-refractivity contribution in [3.63, 3.8) is 0 Å². The topological polar surface area (TPSA) is 40.5 Å². The van der Waals surface area contributed by atoms with E-state index in [4.69, 9.17) is 11.6 Å². The fraction of sp³-hybridized carbons (Fsp3) is 0.357. The van der Waals surface area contributed by atoms with Crippen molar-refractivity contribution in [3.05, 3.63) is 41.5 Å². The first kappa shape index (κ1) is 14.7. The van der Waals surface area contributed by atoms with Gasteiger partial charge in [0.25, 0.3) is 0 Å². The van der Waals surface area contributed by atoms with Crippen molar-refractivity contribution in [1.29, 1.82) is 0 Å². The summed E-state index contributed by atoms with van der Waals surface area (Å²) in [6.45, 7) is 5.36. The van der Waals surface area contributed by atoms with E-state index in [-0.39, 0.29) is 11.8 Å². The summed E-state index contributed by atoms with van der Waals surface area (Å²) in [5.74, 6) is -0.471. The van der Waals surface area contributed by atoms with Crippen molar-refractivity contribution >= 4 is 23.2 Å². The van der Waals surface area contributed by atoms with Crippen LogP contribution in [-0.4, -0.2) is 28.0 Å². The largest absolute Gasteiger partial charge is 0.373 e. The summed E-state index contributed by atoms with van der Waals surface area (Å²) in [4.78, 5) is 13.2. The first-order chi connectivity index (χ1) is 8.49. The number of hydrogen-bond donors (Lipinski definition) is 1. The average molecular weight is 268 g/mol. The molecule has 1 unspecified atom stereocenters. The molecule has 18 heavy (non-hydrogen) atoms. The molecule has 0 saturated heterocycles. The van der Waals surface area contributed by atoms with Gasteiger partial charge in [-0.3, -0.25) is 9.69 Å². The number of nitrogens with zero attached hydrogens (tertiary/aromatic N) is 1. The zero-order chi connectivity index (χ0) is 13.7. The second-order valence-electron chi connectivity index (χ2n) is 4.24. The molecule has 1 atom stereocenters. The number of carbonyl (C=O) groups excluding carboxylic acids is 1.